The smallest absolute Gasteiger partial charge is 0.251 e. The van der Waals surface area contributed by atoms with Crippen molar-refractivity contribution in [2.45, 2.75) is 59.3 Å². The van der Waals surface area contributed by atoms with Crippen LogP contribution >= 0.6 is 0 Å². The van der Waals surface area contributed by atoms with Gasteiger partial charge in [-0.05, 0) is 101 Å². The largest absolute Gasteiger partial charge is 0.352 e. The van der Waals surface area contributed by atoms with Crippen LogP contribution in [-0.4, -0.2) is 50.4 Å². The van der Waals surface area contributed by atoms with E-state index < -0.39 is 0 Å². The van der Waals surface area contributed by atoms with Gasteiger partial charge in [-0.3, -0.25) is 9.59 Å². The summed E-state index contributed by atoms with van der Waals surface area (Å²) < 4.78 is 14.3. The monoisotopic (exact) mass is 495 g/mol. The molecular formula is C30H42FN3O2. The number of carbonyl (C=O) groups is 2. The predicted molar refractivity (Wildman–Crippen MR) is 145 cm³/mol. The molecule has 0 aliphatic carbocycles. The van der Waals surface area contributed by atoms with E-state index in [2.05, 4.69) is 24.3 Å². The molecule has 0 aromatic heterocycles. The minimum atomic E-state index is -0.190. The first kappa shape index (κ1) is 27.9. The highest BCUT2D eigenvalue weighted by Gasteiger charge is 2.34. The molecule has 1 saturated heterocycles. The highest BCUT2D eigenvalue weighted by Crippen LogP contribution is 2.34. The topological polar surface area (TPSA) is 52.7 Å². The Labute approximate surface area is 216 Å². The fraction of sp³-hybridized carbons (Fsp3) is 0.533. The van der Waals surface area contributed by atoms with Crippen LogP contribution in [0.4, 0.5) is 10.1 Å². The van der Waals surface area contributed by atoms with Crippen LogP contribution in [0.3, 0.4) is 0 Å². The number of halogens is 1. The molecule has 2 aromatic rings. The summed E-state index contributed by atoms with van der Waals surface area (Å²) in [5.41, 5.74) is 4.03. The van der Waals surface area contributed by atoms with Crippen molar-refractivity contribution in [1.29, 1.82) is 0 Å². The van der Waals surface area contributed by atoms with Gasteiger partial charge in [0.05, 0.1) is 0 Å². The Balaban J connectivity index is 1.64. The standard InChI is InChI=1S/C30H42FN3O2/c1-21-17-26(29(35)32-14-10-6-7-11-15-33(4)5)18-22(2)28(21)34-20-24(16-23(3)30(34)36)19-25-12-8-9-13-27(25)31/h8-9,12-13,17-18,23-24H,6-7,10-11,14-16,19-20H2,1-5H3,(H,32,35)/t23-,24-/m1/s1. The van der Waals surface area contributed by atoms with Crippen molar-refractivity contribution in [3.05, 3.63) is 64.5 Å². The SMILES string of the molecule is Cc1cc(C(=O)NCCCCCCN(C)C)cc(C)c1N1C[C@@H](Cc2ccccc2F)C[C@@H](C)C1=O. The van der Waals surface area contributed by atoms with Gasteiger partial charge in [-0.2, -0.15) is 0 Å². The lowest BCUT2D eigenvalue weighted by Crippen LogP contribution is -2.46. The zero-order valence-corrected chi connectivity index (χ0v) is 22.6. The molecule has 2 amide bonds. The van der Waals surface area contributed by atoms with E-state index in [0.29, 0.717) is 30.6 Å². The number of nitrogens with zero attached hydrogens (tertiary/aromatic N) is 2. The van der Waals surface area contributed by atoms with Gasteiger partial charge < -0.3 is 15.1 Å². The molecule has 0 unspecified atom stereocenters. The van der Waals surface area contributed by atoms with Crippen LogP contribution in [0.2, 0.25) is 0 Å². The molecule has 196 valence electrons. The molecule has 6 heteroatoms. The average Bonchev–Trinajstić information content (AvgIpc) is 2.82. The minimum absolute atomic E-state index is 0.0724. The third-order valence-electron chi connectivity index (χ3n) is 7.12. The Hall–Kier alpha value is -2.73. The maximum Gasteiger partial charge on any atom is 0.251 e. The van der Waals surface area contributed by atoms with Crippen LogP contribution in [0, 0.1) is 31.5 Å². The van der Waals surface area contributed by atoms with Crippen LogP contribution in [0.25, 0.3) is 0 Å². The highest BCUT2D eigenvalue weighted by atomic mass is 19.1. The summed E-state index contributed by atoms with van der Waals surface area (Å²) in [7, 11) is 4.17. The number of amides is 2. The molecular weight excluding hydrogens is 453 g/mol. The number of anilines is 1. The molecule has 5 nitrogen and oxygen atoms in total. The second-order valence-corrected chi connectivity index (χ2v) is 10.7. The number of aryl methyl sites for hydroxylation is 2. The lowest BCUT2D eigenvalue weighted by Gasteiger charge is -2.38. The Bertz CT molecular complexity index is 1030. The van der Waals surface area contributed by atoms with Crippen molar-refractivity contribution in [2.75, 3.05) is 38.6 Å². The Morgan fingerprint density at radius 2 is 1.75 bits per heavy atom. The minimum Gasteiger partial charge on any atom is -0.352 e. The average molecular weight is 496 g/mol. The fourth-order valence-corrected chi connectivity index (χ4v) is 5.34. The quantitative estimate of drug-likeness (QED) is 0.417. The predicted octanol–water partition coefficient (Wildman–Crippen LogP) is 5.53. The van der Waals surface area contributed by atoms with E-state index in [1.54, 1.807) is 6.07 Å². The number of benzene rings is 2. The number of hydrogen-bond acceptors (Lipinski definition) is 3. The van der Waals surface area contributed by atoms with Gasteiger partial charge in [0.25, 0.3) is 5.91 Å². The number of carbonyl (C=O) groups excluding carboxylic acids is 2. The van der Waals surface area contributed by atoms with E-state index in [1.807, 2.05) is 49.9 Å². The van der Waals surface area contributed by atoms with E-state index >= 15 is 0 Å². The second kappa shape index (κ2) is 13.0. The summed E-state index contributed by atoms with van der Waals surface area (Å²) in [5.74, 6) is -0.122. The Kier molecular flexibility index (Phi) is 10.1. The molecule has 1 heterocycles. The Morgan fingerprint density at radius 1 is 1.08 bits per heavy atom. The molecule has 1 fully saturated rings. The number of nitrogens with one attached hydrogen (secondary N) is 1. The maximum atomic E-state index is 14.3. The fourth-order valence-electron chi connectivity index (χ4n) is 5.34. The number of rotatable bonds is 11. The van der Waals surface area contributed by atoms with E-state index in [1.165, 1.54) is 18.9 Å². The van der Waals surface area contributed by atoms with Gasteiger partial charge in [0, 0.05) is 30.3 Å². The van der Waals surface area contributed by atoms with Crippen LogP contribution in [0.5, 0.6) is 0 Å². The summed E-state index contributed by atoms with van der Waals surface area (Å²) in [6.07, 6.45) is 5.77. The normalized spacial score (nSPS) is 18.1. The summed E-state index contributed by atoms with van der Waals surface area (Å²) in [4.78, 5) is 30.0. The van der Waals surface area contributed by atoms with Crippen molar-refractivity contribution in [1.82, 2.24) is 10.2 Å². The molecule has 1 N–H and O–H groups in total. The van der Waals surface area contributed by atoms with Crippen LogP contribution in [0.1, 0.15) is 66.1 Å². The third kappa shape index (κ3) is 7.39. The van der Waals surface area contributed by atoms with Crippen molar-refractivity contribution < 1.29 is 14.0 Å². The van der Waals surface area contributed by atoms with Gasteiger partial charge in [0.15, 0.2) is 0 Å². The van der Waals surface area contributed by atoms with Gasteiger partial charge in [-0.15, -0.1) is 0 Å². The summed E-state index contributed by atoms with van der Waals surface area (Å²) in [6.45, 7) is 8.19. The van der Waals surface area contributed by atoms with Crippen molar-refractivity contribution in [3.63, 3.8) is 0 Å². The lowest BCUT2D eigenvalue weighted by molar-refractivity contribution is -0.124. The maximum absolute atomic E-state index is 14.3. The van der Waals surface area contributed by atoms with Gasteiger partial charge in [0.1, 0.15) is 5.82 Å². The van der Waals surface area contributed by atoms with Gasteiger partial charge in [0.2, 0.25) is 5.91 Å². The van der Waals surface area contributed by atoms with Gasteiger partial charge in [-0.1, -0.05) is 38.0 Å². The number of piperidine rings is 1. The van der Waals surface area contributed by atoms with Crippen molar-refractivity contribution in [2.24, 2.45) is 11.8 Å². The number of unbranched alkanes of at least 4 members (excludes halogenated alkanes) is 3. The second-order valence-electron chi connectivity index (χ2n) is 10.7. The van der Waals surface area contributed by atoms with Crippen molar-refractivity contribution >= 4 is 17.5 Å². The van der Waals surface area contributed by atoms with Crippen molar-refractivity contribution in [3.8, 4) is 0 Å². The molecule has 3 rings (SSSR count). The molecule has 36 heavy (non-hydrogen) atoms. The first-order chi connectivity index (χ1) is 17.2. The highest BCUT2D eigenvalue weighted by molar-refractivity contribution is 5.99. The molecule has 1 aliphatic rings. The molecule has 0 bridgehead atoms. The molecule has 1 aliphatic heterocycles. The molecule has 0 saturated carbocycles. The zero-order chi connectivity index (χ0) is 26.2. The Morgan fingerprint density at radius 3 is 2.42 bits per heavy atom. The molecule has 0 spiro atoms. The molecule has 2 atom stereocenters. The third-order valence-corrected chi connectivity index (χ3v) is 7.12. The van der Waals surface area contributed by atoms with Gasteiger partial charge >= 0.3 is 0 Å². The first-order valence-electron chi connectivity index (χ1n) is 13.3. The summed E-state index contributed by atoms with van der Waals surface area (Å²) in [5, 5.41) is 3.04. The summed E-state index contributed by atoms with van der Waals surface area (Å²) >= 11 is 0. The molecule has 0 radical (unpaired) electrons. The summed E-state index contributed by atoms with van der Waals surface area (Å²) in [6, 6.07) is 10.6. The zero-order valence-electron chi connectivity index (χ0n) is 22.6. The van der Waals surface area contributed by atoms with E-state index in [-0.39, 0.29) is 29.5 Å². The number of hydrogen-bond donors (Lipinski definition) is 1. The molecule has 2 aromatic carbocycles. The first-order valence-corrected chi connectivity index (χ1v) is 13.3. The van der Waals surface area contributed by atoms with Crippen LogP contribution in [-0.2, 0) is 11.2 Å². The van der Waals surface area contributed by atoms with Gasteiger partial charge in [-0.25, -0.2) is 4.39 Å². The van der Waals surface area contributed by atoms with E-state index in [4.69, 9.17) is 0 Å². The van der Waals surface area contributed by atoms with Crippen LogP contribution in [0.15, 0.2) is 36.4 Å². The van der Waals surface area contributed by atoms with E-state index in [0.717, 1.165) is 42.6 Å². The van der Waals surface area contributed by atoms with Crippen LogP contribution < -0.4 is 10.2 Å². The van der Waals surface area contributed by atoms with E-state index in [9.17, 15) is 14.0 Å². The lowest BCUT2D eigenvalue weighted by atomic mass is 9.84.